The summed E-state index contributed by atoms with van der Waals surface area (Å²) in [6.07, 6.45) is 5.78. The summed E-state index contributed by atoms with van der Waals surface area (Å²) in [7, 11) is -3.41. The zero-order valence-corrected chi connectivity index (χ0v) is 12.6. The van der Waals surface area contributed by atoms with Crippen molar-refractivity contribution in [3.63, 3.8) is 0 Å². The lowest BCUT2D eigenvalue weighted by Crippen LogP contribution is -2.51. The van der Waals surface area contributed by atoms with Crippen LogP contribution in [0.1, 0.15) is 13.3 Å². The molecule has 2 aliphatic rings. The molecule has 0 saturated carbocycles. The lowest BCUT2D eigenvalue weighted by Gasteiger charge is -2.32. The molecular weight excluding hydrogens is 292 g/mol. The maximum absolute atomic E-state index is 12.4. The van der Waals surface area contributed by atoms with Gasteiger partial charge in [0.25, 0.3) is 0 Å². The number of hydrogen-bond donors (Lipinski definition) is 1. The minimum Gasteiger partial charge on any atom is -0.312 e. The van der Waals surface area contributed by atoms with Crippen LogP contribution in [0.4, 0.5) is 0 Å². The summed E-state index contributed by atoms with van der Waals surface area (Å²) in [4.78, 5) is 0.808. The topological polar surface area (TPSA) is 49.4 Å². The van der Waals surface area contributed by atoms with Gasteiger partial charge in [0.2, 0.25) is 10.0 Å². The summed E-state index contributed by atoms with van der Waals surface area (Å²) in [5.74, 6) is 0. The summed E-state index contributed by atoms with van der Waals surface area (Å²) < 4.78 is 26.3. The Hall–Kier alpha value is -0.270. The van der Waals surface area contributed by atoms with Gasteiger partial charge in [0, 0.05) is 37.0 Å². The minimum atomic E-state index is -3.41. The van der Waals surface area contributed by atoms with Crippen LogP contribution in [0.15, 0.2) is 23.1 Å². The van der Waals surface area contributed by atoms with Crippen LogP contribution >= 0.6 is 24.6 Å². The first-order valence-electron chi connectivity index (χ1n) is 5.65. The van der Waals surface area contributed by atoms with Crippen molar-refractivity contribution in [1.82, 2.24) is 9.62 Å². The Bertz CT molecular complexity index is 485. The predicted octanol–water partition coefficient (Wildman–Crippen LogP) is 1.25. The van der Waals surface area contributed by atoms with Gasteiger partial charge in [-0.15, -0.1) is 12.4 Å². The number of hydrogen-bond acceptors (Lipinski definition) is 4. The average molecular weight is 309 g/mol. The second-order valence-corrected chi connectivity index (χ2v) is 6.70. The molecule has 0 aromatic carbocycles. The third-order valence-electron chi connectivity index (χ3n) is 2.91. The normalized spacial score (nSPS) is 25.5. The Labute approximate surface area is 120 Å². The molecule has 7 heteroatoms. The smallest absolute Gasteiger partial charge is 0.244 e. The van der Waals surface area contributed by atoms with E-state index < -0.39 is 10.0 Å². The molecule has 1 aliphatic carbocycles. The van der Waals surface area contributed by atoms with Gasteiger partial charge < -0.3 is 5.32 Å². The van der Waals surface area contributed by atoms with E-state index in [9.17, 15) is 8.42 Å². The van der Waals surface area contributed by atoms with Crippen molar-refractivity contribution < 1.29 is 8.42 Å². The first-order chi connectivity index (χ1) is 8.01. The van der Waals surface area contributed by atoms with Gasteiger partial charge in [-0.05, 0) is 13.0 Å². The van der Waals surface area contributed by atoms with Gasteiger partial charge in [-0.25, -0.2) is 8.42 Å². The Morgan fingerprint density at radius 3 is 2.83 bits per heavy atom. The van der Waals surface area contributed by atoms with Gasteiger partial charge in [-0.3, -0.25) is 0 Å². The lowest BCUT2D eigenvalue weighted by atomic mass is 10.2. The van der Waals surface area contributed by atoms with Crippen LogP contribution in [0.25, 0.3) is 0 Å². The highest BCUT2D eigenvalue weighted by atomic mass is 35.5. The third kappa shape index (κ3) is 3.19. The molecular formula is C11H17ClN2O2S2. The molecule has 0 unspecified atom stereocenters. The number of piperazine rings is 1. The van der Waals surface area contributed by atoms with E-state index in [0.29, 0.717) is 35.8 Å². The van der Waals surface area contributed by atoms with Crippen LogP contribution in [0.5, 0.6) is 0 Å². The van der Waals surface area contributed by atoms with Gasteiger partial charge in [-0.1, -0.05) is 24.4 Å². The van der Waals surface area contributed by atoms with E-state index in [1.54, 1.807) is 12.2 Å². The van der Waals surface area contributed by atoms with Crippen molar-refractivity contribution in [2.45, 2.75) is 19.4 Å². The second kappa shape index (κ2) is 6.25. The molecule has 0 spiro atoms. The Kier molecular flexibility index (Phi) is 5.48. The highest BCUT2D eigenvalue weighted by Crippen LogP contribution is 2.21. The molecule has 1 fully saturated rings. The zero-order chi connectivity index (χ0) is 12.5. The van der Waals surface area contributed by atoms with Gasteiger partial charge >= 0.3 is 0 Å². The molecule has 1 atom stereocenters. The molecule has 2 rings (SSSR count). The van der Waals surface area contributed by atoms with E-state index in [1.165, 1.54) is 4.31 Å². The maximum Gasteiger partial charge on any atom is 0.244 e. The van der Waals surface area contributed by atoms with Gasteiger partial charge in [-0.2, -0.15) is 4.31 Å². The Balaban J connectivity index is 0.00000162. The number of nitrogens with one attached hydrogen (secondary N) is 1. The van der Waals surface area contributed by atoms with Crippen LogP contribution in [0, 0.1) is 0 Å². The summed E-state index contributed by atoms with van der Waals surface area (Å²) in [5, 5.41) is 3.23. The fourth-order valence-electron chi connectivity index (χ4n) is 2.01. The third-order valence-corrected chi connectivity index (χ3v) is 5.38. The van der Waals surface area contributed by atoms with Crippen molar-refractivity contribution in [3.8, 4) is 0 Å². The molecule has 18 heavy (non-hydrogen) atoms. The van der Waals surface area contributed by atoms with Crippen LogP contribution in [0.3, 0.4) is 0 Å². The fraction of sp³-hybridized carbons (Fsp3) is 0.545. The first-order valence-corrected chi connectivity index (χ1v) is 7.50. The number of halogens is 1. The average Bonchev–Trinajstić information content (AvgIpc) is 2.29. The number of sulfonamides is 1. The number of rotatable bonds is 2. The monoisotopic (exact) mass is 308 g/mol. The number of allylic oxidation sites excluding steroid dienone is 4. The van der Waals surface area contributed by atoms with Crippen LogP contribution in [-0.4, -0.2) is 43.3 Å². The van der Waals surface area contributed by atoms with Crippen molar-refractivity contribution in [2.75, 3.05) is 19.6 Å². The molecule has 1 saturated heterocycles. The number of nitrogens with zero attached hydrogens (tertiary/aromatic N) is 1. The molecule has 0 aromatic rings. The van der Waals surface area contributed by atoms with Crippen molar-refractivity contribution in [2.24, 2.45) is 0 Å². The molecule has 0 radical (unpaired) electrons. The van der Waals surface area contributed by atoms with Gasteiger partial charge in [0.15, 0.2) is 0 Å². The van der Waals surface area contributed by atoms with E-state index in [0.717, 1.165) is 0 Å². The molecule has 0 amide bonds. The zero-order valence-electron chi connectivity index (χ0n) is 10.1. The van der Waals surface area contributed by atoms with E-state index in [2.05, 4.69) is 5.32 Å². The standard InChI is InChI=1S/C11H16N2O2S2.ClH/c1-9-8-13(7-6-12-9)17(14,15)11-5-3-2-4-10(11)16;/h2-3,5,9,12H,4,6-8H2,1H3;1H/t9-;/m0./s1. The Morgan fingerprint density at radius 1 is 1.50 bits per heavy atom. The van der Waals surface area contributed by atoms with E-state index in [-0.39, 0.29) is 18.4 Å². The largest absolute Gasteiger partial charge is 0.312 e. The quantitative estimate of drug-likeness (QED) is 0.780. The number of thiocarbonyl (C=S) groups is 1. The van der Waals surface area contributed by atoms with Gasteiger partial charge in [0.05, 0.1) is 4.91 Å². The molecule has 102 valence electrons. The molecule has 1 aliphatic heterocycles. The molecule has 4 nitrogen and oxygen atoms in total. The SMILES string of the molecule is C[C@H]1CN(S(=O)(=O)C2=CC=CCC2=S)CCN1.Cl. The van der Waals surface area contributed by atoms with E-state index >= 15 is 0 Å². The highest BCUT2D eigenvalue weighted by molar-refractivity contribution is 7.96. The van der Waals surface area contributed by atoms with Crippen molar-refractivity contribution in [3.05, 3.63) is 23.1 Å². The second-order valence-electron chi connectivity index (χ2n) is 4.30. The maximum atomic E-state index is 12.4. The summed E-state index contributed by atoms with van der Waals surface area (Å²) in [6.45, 7) is 3.69. The van der Waals surface area contributed by atoms with Crippen LogP contribution < -0.4 is 5.32 Å². The highest BCUT2D eigenvalue weighted by Gasteiger charge is 2.31. The molecule has 0 aromatic heterocycles. The van der Waals surface area contributed by atoms with E-state index in [4.69, 9.17) is 12.2 Å². The fourth-order valence-corrected chi connectivity index (χ4v) is 4.14. The summed E-state index contributed by atoms with van der Waals surface area (Å²) in [6, 6.07) is 0.187. The lowest BCUT2D eigenvalue weighted by molar-refractivity contribution is 0.313. The van der Waals surface area contributed by atoms with Crippen LogP contribution in [0.2, 0.25) is 0 Å². The van der Waals surface area contributed by atoms with Crippen molar-refractivity contribution >= 4 is 39.5 Å². The van der Waals surface area contributed by atoms with Crippen molar-refractivity contribution in [1.29, 1.82) is 0 Å². The molecule has 1 heterocycles. The molecule has 0 bridgehead atoms. The molecule has 1 N–H and O–H groups in total. The Morgan fingerprint density at radius 2 is 2.22 bits per heavy atom. The summed E-state index contributed by atoms with van der Waals surface area (Å²) >= 11 is 5.13. The first kappa shape index (κ1) is 15.8. The van der Waals surface area contributed by atoms with Gasteiger partial charge in [0.1, 0.15) is 0 Å². The van der Waals surface area contributed by atoms with Crippen LogP contribution in [-0.2, 0) is 10.0 Å². The minimum absolute atomic E-state index is 0. The predicted molar refractivity (Wildman–Crippen MR) is 79.6 cm³/mol. The van der Waals surface area contributed by atoms with E-state index in [1.807, 2.05) is 13.0 Å². The summed E-state index contributed by atoms with van der Waals surface area (Å²) in [5.41, 5.74) is 0.